The van der Waals surface area contributed by atoms with E-state index in [-0.39, 0.29) is 28.1 Å². The largest absolute Gasteiger partial charge is 0.377 e. The Labute approximate surface area is 242 Å². The second kappa shape index (κ2) is 10.5. The fourth-order valence-corrected chi connectivity index (χ4v) is 5.75. The Morgan fingerprint density at radius 1 is 1.12 bits per heavy atom. The summed E-state index contributed by atoms with van der Waals surface area (Å²) in [6, 6.07) is 6.55. The third-order valence-corrected chi connectivity index (χ3v) is 7.75. The summed E-state index contributed by atoms with van der Waals surface area (Å²) in [5, 5.41) is 8.25. The van der Waals surface area contributed by atoms with Gasteiger partial charge in [0.1, 0.15) is 5.15 Å². The van der Waals surface area contributed by atoms with Crippen molar-refractivity contribution in [3.8, 4) is 0 Å². The van der Waals surface area contributed by atoms with Gasteiger partial charge in [0.25, 0.3) is 11.5 Å². The lowest BCUT2D eigenvalue weighted by Gasteiger charge is -2.23. The van der Waals surface area contributed by atoms with Crippen LogP contribution in [0.2, 0.25) is 5.15 Å². The van der Waals surface area contributed by atoms with Crippen LogP contribution in [0.3, 0.4) is 0 Å². The Morgan fingerprint density at radius 3 is 2.54 bits per heavy atom. The number of nitrogens with one attached hydrogen (secondary N) is 2. The first kappa shape index (κ1) is 28.6. The highest BCUT2D eigenvalue weighted by Crippen LogP contribution is 2.32. The predicted molar refractivity (Wildman–Crippen MR) is 158 cm³/mol. The molecule has 0 unspecified atom stereocenters. The van der Waals surface area contributed by atoms with Gasteiger partial charge in [0.2, 0.25) is 16.0 Å². The van der Waals surface area contributed by atoms with Crippen molar-refractivity contribution in [2.45, 2.75) is 52.9 Å². The van der Waals surface area contributed by atoms with Gasteiger partial charge in [0, 0.05) is 30.8 Å². The molecule has 0 fully saturated rings. The third kappa shape index (κ3) is 5.51. The second-order valence-electron chi connectivity index (χ2n) is 10.6. The number of aromatic nitrogens is 5. The van der Waals surface area contributed by atoms with Crippen molar-refractivity contribution in [2.24, 2.45) is 7.05 Å². The van der Waals surface area contributed by atoms with Gasteiger partial charge in [-0.05, 0) is 51.5 Å². The molecule has 4 heterocycles. The number of carbonyl (C=O) groups excluding carboxylic acids is 1. The van der Waals surface area contributed by atoms with Crippen molar-refractivity contribution in [3.05, 3.63) is 74.0 Å². The summed E-state index contributed by atoms with van der Waals surface area (Å²) in [5.74, 6) is -0.380. The van der Waals surface area contributed by atoms with Crippen LogP contribution < -0.4 is 20.5 Å². The minimum atomic E-state index is -3.83. The summed E-state index contributed by atoms with van der Waals surface area (Å²) in [5.41, 5.74) is 4.24. The number of nitrogens with zero attached hydrogens (tertiary/aromatic N) is 6. The van der Waals surface area contributed by atoms with Crippen LogP contribution in [0, 0.1) is 6.92 Å². The molecule has 12 nitrogen and oxygen atoms in total. The minimum Gasteiger partial charge on any atom is -0.377 e. The zero-order valence-corrected chi connectivity index (χ0v) is 25.1. The highest BCUT2D eigenvalue weighted by molar-refractivity contribution is 7.89. The van der Waals surface area contributed by atoms with Crippen molar-refractivity contribution in [1.29, 1.82) is 0 Å². The number of hydrogen-bond donors (Lipinski definition) is 2. The number of pyridine rings is 1. The molecule has 1 aliphatic rings. The Bertz CT molecular complexity index is 1870. The number of amides is 1. The number of halogens is 1. The van der Waals surface area contributed by atoms with Gasteiger partial charge in [-0.3, -0.25) is 18.8 Å². The van der Waals surface area contributed by atoms with Gasteiger partial charge in [0.05, 0.1) is 47.3 Å². The maximum Gasteiger partial charge on any atom is 0.285 e. The lowest BCUT2D eigenvalue weighted by atomic mass is 10.0. The zero-order valence-electron chi connectivity index (χ0n) is 23.6. The average Bonchev–Trinajstić information content (AvgIpc) is 3.47. The lowest BCUT2D eigenvalue weighted by Crippen LogP contribution is -2.31. The Balaban J connectivity index is 1.56. The zero-order chi connectivity index (χ0) is 29.8. The van der Waals surface area contributed by atoms with Crippen LogP contribution in [0.15, 0.2) is 35.3 Å². The molecule has 0 radical (unpaired) electrons. The fourth-order valence-electron chi connectivity index (χ4n) is 5.16. The standard InChI is InChI=1S/C27H31ClN8O4S/c1-14(2)36-21-13-35(12-17(21)11-29-36)27-32-23-18(9-15(3)10-19(23)26(38)34(27)5)16(4)30-20-7-8-22(28)31-24(20)25(37)33-41(6,39)40/h7-11,14,16,30H,12-13H2,1-6H3,(H,33,37)/t16-/m1/s1. The Kier molecular flexibility index (Phi) is 7.28. The molecule has 216 valence electrons. The van der Waals surface area contributed by atoms with Crippen molar-refractivity contribution < 1.29 is 13.2 Å². The van der Waals surface area contributed by atoms with E-state index in [1.165, 1.54) is 6.07 Å². The molecule has 3 aromatic heterocycles. The number of rotatable bonds is 7. The van der Waals surface area contributed by atoms with Gasteiger partial charge < -0.3 is 10.2 Å². The van der Waals surface area contributed by atoms with E-state index in [9.17, 15) is 18.0 Å². The van der Waals surface area contributed by atoms with Crippen molar-refractivity contribution in [3.63, 3.8) is 0 Å². The van der Waals surface area contributed by atoms with E-state index in [4.69, 9.17) is 16.6 Å². The fraction of sp³-hybridized carbons (Fsp3) is 0.370. The van der Waals surface area contributed by atoms with Crippen LogP contribution in [0.5, 0.6) is 0 Å². The molecule has 0 bridgehead atoms. The van der Waals surface area contributed by atoms with E-state index in [1.54, 1.807) is 17.7 Å². The van der Waals surface area contributed by atoms with Gasteiger partial charge in [-0.15, -0.1) is 0 Å². The van der Waals surface area contributed by atoms with Crippen LogP contribution >= 0.6 is 11.6 Å². The number of fused-ring (bicyclic) bond motifs is 2. The molecule has 0 saturated heterocycles. The summed E-state index contributed by atoms with van der Waals surface area (Å²) in [4.78, 5) is 37.4. The summed E-state index contributed by atoms with van der Waals surface area (Å²) >= 11 is 6.02. The lowest BCUT2D eigenvalue weighted by molar-refractivity contribution is 0.0977. The van der Waals surface area contributed by atoms with Crippen molar-refractivity contribution >= 4 is 50.1 Å². The Morgan fingerprint density at radius 2 is 1.85 bits per heavy atom. The van der Waals surface area contributed by atoms with E-state index in [0.29, 0.717) is 29.9 Å². The van der Waals surface area contributed by atoms with Crippen molar-refractivity contribution in [2.75, 3.05) is 16.5 Å². The molecule has 0 spiro atoms. The topological polar surface area (TPSA) is 144 Å². The van der Waals surface area contributed by atoms with E-state index in [0.717, 1.165) is 28.6 Å². The normalized spacial score (nSPS) is 14.0. The summed E-state index contributed by atoms with van der Waals surface area (Å²) in [7, 11) is -2.11. The van der Waals surface area contributed by atoms with Crippen LogP contribution in [-0.4, -0.2) is 44.9 Å². The Hall–Kier alpha value is -3.97. The van der Waals surface area contributed by atoms with Crippen LogP contribution in [-0.2, 0) is 30.2 Å². The highest BCUT2D eigenvalue weighted by atomic mass is 35.5. The minimum absolute atomic E-state index is 0.0323. The van der Waals surface area contributed by atoms with Gasteiger partial charge >= 0.3 is 0 Å². The smallest absolute Gasteiger partial charge is 0.285 e. The number of aryl methyl sites for hydroxylation is 1. The molecular formula is C27H31ClN8O4S. The van der Waals surface area contributed by atoms with Gasteiger partial charge in [-0.2, -0.15) is 5.10 Å². The monoisotopic (exact) mass is 598 g/mol. The molecular weight excluding hydrogens is 568 g/mol. The van der Waals surface area contributed by atoms with Crippen LogP contribution in [0.4, 0.5) is 11.6 Å². The molecule has 1 atom stereocenters. The molecule has 4 aromatic rings. The molecule has 41 heavy (non-hydrogen) atoms. The number of carbonyl (C=O) groups is 1. The van der Waals surface area contributed by atoms with E-state index >= 15 is 0 Å². The van der Waals surface area contributed by atoms with Gasteiger partial charge in [-0.25, -0.2) is 23.1 Å². The second-order valence-corrected chi connectivity index (χ2v) is 12.8. The highest BCUT2D eigenvalue weighted by Gasteiger charge is 2.28. The maximum atomic E-state index is 13.6. The first-order valence-electron chi connectivity index (χ1n) is 13.0. The first-order chi connectivity index (χ1) is 19.2. The van der Waals surface area contributed by atoms with Crippen LogP contribution in [0.25, 0.3) is 10.9 Å². The van der Waals surface area contributed by atoms with Crippen LogP contribution in [0.1, 0.15) is 65.7 Å². The molecule has 1 aromatic carbocycles. The van der Waals surface area contributed by atoms with E-state index in [2.05, 4.69) is 34.1 Å². The van der Waals surface area contributed by atoms with Crippen molar-refractivity contribution in [1.82, 2.24) is 29.0 Å². The average molecular weight is 599 g/mol. The first-order valence-corrected chi connectivity index (χ1v) is 15.3. The molecule has 14 heteroatoms. The molecule has 0 aliphatic carbocycles. The SMILES string of the molecule is Cc1cc([C@@H](C)Nc2ccc(Cl)nc2C(=O)NS(C)(=O)=O)c2nc(N3Cc4cnn(C(C)C)c4C3)n(C)c(=O)c2c1. The molecule has 1 aliphatic heterocycles. The summed E-state index contributed by atoms with van der Waals surface area (Å²) < 4.78 is 28.9. The number of sulfonamides is 1. The van der Waals surface area contributed by atoms with Gasteiger partial charge in [0.15, 0.2) is 5.69 Å². The quantitative estimate of drug-likeness (QED) is 0.306. The molecule has 2 N–H and O–H groups in total. The maximum absolute atomic E-state index is 13.6. The van der Waals surface area contributed by atoms with E-state index in [1.807, 2.05) is 41.6 Å². The van der Waals surface area contributed by atoms with E-state index < -0.39 is 22.0 Å². The summed E-state index contributed by atoms with van der Waals surface area (Å²) in [6.45, 7) is 9.07. The predicted octanol–water partition coefficient (Wildman–Crippen LogP) is 3.45. The molecule has 5 rings (SSSR count). The number of benzene rings is 1. The third-order valence-electron chi connectivity index (χ3n) is 6.98. The molecule has 0 saturated carbocycles. The summed E-state index contributed by atoms with van der Waals surface area (Å²) in [6.07, 6.45) is 2.75. The molecule has 1 amide bonds. The van der Waals surface area contributed by atoms with Gasteiger partial charge in [-0.1, -0.05) is 17.7 Å². The number of hydrogen-bond acceptors (Lipinski definition) is 9. The number of anilines is 2.